The second kappa shape index (κ2) is 11.1. The van der Waals surface area contributed by atoms with Gasteiger partial charge in [-0.1, -0.05) is 24.3 Å². The van der Waals surface area contributed by atoms with Crippen LogP contribution >= 0.6 is 0 Å². The number of phenolic OH excluding ortho intramolecular Hbond substituents is 2. The average Bonchev–Trinajstić information content (AvgIpc) is 2.66. The number of rotatable bonds is 8. The third-order valence-electron chi connectivity index (χ3n) is 3.68. The van der Waals surface area contributed by atoms with Crippen molar-refractivity contribution in [2.45, 2.75) is 6.42 Å². The molecule has 2 rings (SSSR count). The minimum Gasteiger partial charge on any atom is -0.504 e. The molecule has 0 spiro atoms. The van der Waals surface area contributed by atoms with Crippen molar-refractivity contribution in [1.82, 2.24) is 0 Å². The Morgan fingerprint density at radius 1 is 0.821 bits per heavy atom. The van der Waals surface area contributed by atoms with E-state index < -0.39 is 0 Å². The van der Waals surface area contributed by atoms with Crippen LogP contribution in [0.5, 0.6) is 23.0 Å². The van der Waals surface area contributed by atoms with Gasteiger partial charge in [-0.2, -0.15) is 0 Å². The second-order valence-corrected chi connectivity index (χ2v) is 5.64. The van der Waals surface area contributed by atoms with Gasteiger partial charge in [0.15, 0.2) is 34.6 Å². The summed E-state index contributed by atoms with van der Waals surface area (Å²) in [6.07, 6.45) is 5.44. The normalized spacial score (nSPS) is 10.6. The van der Waals surface area contributed by atoms with E-state index in [4.69, 9.17) is 9.47 Å². The molecule has 0 heterocycles. The molecule has 0 aromatic heterocycles. The summed E-state index contributed by atoms with van der Waals surface area (Å²) in [7, 11) is 2.87. The van der Waals surface area contributed by atoms with Crippen molar-refractivity contribution >= 4 is 23.7 Å². The summed E-state index contributed by atoms with van der Waals surface area (Å²) in [5.74, 6) is -0.0832. The van der Waals surface area contributed by atoms with Gasteiger partial charge in [0, 0.05) is 21.7 Å². The molecule has 0 aliphatic heterocycles. The molecule has 7 heteroatoms. The van der Waals surface area contributed by atoms with Gasteiger partial charge in [0.25, 0.3) is 0 Å². The molecule has 0 unspecified atom stereocenters. The molecule has 2 aromatic carbocycles. The molecule has 0 atom stereocenters. The minimum absolute atomic E-state index is 0. The number of methoxy groups -OCH3 is 2. The molecule has 144 valence electrons. The van der Waals surface area contributed by atoms with Crippen molar-refractivity contribution in [3.05, 3.63) is 59.7 Å². The molecule has 28 heavy (non-hydrogen) atoms. The van der Waals surface area contributed by atoms with Crippen LogP contribution in [0.2, 0.25) is 0 Å². The van der Waals surface area contributed by atoms with Crippen molar-refractivity contribution in [2.75, 3.05) is 14.2 Å². The minimum atomic E-state index is -0.347. The number of carbonyl (C=O) groups is 2. The predicted molar refractivity (Wildman–Crippen MR) is 102 cm³/mol. The first-order valence-electron chi connectivity index (χ1n) is 8.08. The molecular weight excluding hydrogens is 396 g/mol. The Bertz CT molecular complexity index is 828. The fraction of sp³-hybridized carbons (Fsp3) is 0.143. The monoisotopic (exact) mass is 416 g/mol. The SMILES string of the molecule is COc1cc(/C=C/C(=O)CC(=O)/C=C/c2ccc(O)c(OC)c2)ccc1O.[Ti]. The Balaban J connectivity index is 0.00000392. The summed E-state index contributed by atoms with van der Waals surface area (Å²) in [5.41, 5.74) is 1.33. The van der Waals surface area contributed by atoms with Crippen LogP contribution in [0.3, 0.4) is 0 Å². The summed E-state index contributed by atoms with van der Waals surface area (Å²) >= 11 is 0. The molecule has 2 aromatic rings. The number of hydrogen-bond acceptors (Lipinski definition) is 6. The summed E-state index contributed by atoms with van der Waals surface area (Å²) in [5, 5.41) is 19.1. The Morgan fingerprint density at radius 3 is 1.57 bits per heavy atom. The standard InChI is InChI=1S/C21H20O6.Ti/c1-26-20-11-14(5-9-18(20)24)3-7-16(22)13-17(23)8-4-15-6-10-19(25)21(12-15)27-2;/h3-12,24-25H,13H2,1-2H3;/b7-3+,8-4+;. The predicted octanol–water partition coefficient (Wildman–Crippen LogP) is 3.37. The van der Waals surface area contributed by atoms with Crippen LogP contribution in [0.4, 0.5) is 0 Å². The van der Waals surface area contributed by atoms with Gasteiger partial charge < -0.3 is 19.7 Å². The van der Waals surface area contributed by atoms with Crippen molar-refractivity contribution in [1.29, 1.82) is 0 Å². The Kier molecular flexibility index (Phi) is 9.22. The number of benzene rings is 2. The summed E-state index contributed by atoms with van der Waals surface area (Å²) in [6, 6.07) is 9.34. The zero-order chi connectivity index (χ0) is 19.8. The van der Waals surface area contributed by atoms with Crippen molar-refractivity contribution in [2.24, 2.45) is 0 Å². The van der Waals surface area contributed by atoms with Crippen LogP contribution < -0.4 is 9.47 Å². The first kappa shape index (κ1) is 23.2. The molecule has 0 amide bonds. The molecule has 0 fully saturated rings. The summed E-state index contributed by atoms with van der Waals surface area (Å²) < 4.78 is 10.00. The van der Waals surface area contributed by atoms with Crippen molar-refractivity contribution in [3.8, 4) is 23.0 Å². The largest absolute Gasteiger partial charge is 0.504 e. The molecule has 0 saturated carbocycles. The Labute approximate surface area is 178 Å². The smallest absolute Gasteiger partial charge is 0.163 e. The number of ketones is 2. The number of carbonyl (C=O) groups excluding carboxylic acids is 2. The van der Waals surface area contributed by atoms with Crippen LogP contribution in [0, 0.1) is 0 Å². The fourth-order valence-electron chi connectivity index (χ4n) is 2.26. The van der Waals surface area contributed by atoms with Gasteiger partial charge >= 0.3 is 0 Å². The van der Waals surface area contributed by atoms with Crippen LogP contribution in [0.1, 0.15) is 17.5 Å². The van der Waals surface area contributed by atoms with Gasteiger partial charge in [0.1, 0.15) is 0 Å². The molecule has 0 aliphatic rings. The zero-order valence-corrected chi connectivity index (χ0v) is 17.1. The van der Waals surface area contributed by atoms with Gasteiger partial charge in [-0.05, 0) is 47.5 Å². The molecular formula is C21H20O6Ti. The van der Waals surface area contributed by atoms with E-state index in [1.165, 1.54) is 38.5 Å². The zero-order valence-electron chi connectivity index (χ0n) is 15.5. The van der Waals surface area contributed by atoms with Crippen LogP contribution in [0.25, 0.3) is 12.2 Å². The van der Waals surface area contributed by atoms with Crippen molar-refractivity contribution < 1.29 is 51.0 Å². The maximum absolute atomic E-state index is 11.9. The average molecular weight is 416 g/mol. The number of ether oxygens (including phenoxy) is 2. The Hall–Kier alpha value is -2.83. The van der Waals surface area contributed by atoms with Gasteiger partial charge in [0.2, 0.25) is 0 Å². The van der Waals surface area contributed by atoms with E-state index >= 15 is 0 Å². The van der Waals surface area contributed by atoms with Gasteiger partial charge in [-0.15, -0.1) is 0 Å². The second-order valence-electron chi connectivity index (χ2n) is 5.64. The van der Waals surface area contributed by atoms with Crippen LogP contribution in [-0.4, -0.2) is 36.0 Å². The molecule has 0 bridgehead atoms. The van der Waals surface area contributed by atoms with E-state index in [1.54, 1.807) is 36.4 Å². The molecule has 6 nitrogen and oxygen atoms in total. The van der Waals surface area contributed by atoms with Gasteiger partial charge in [-0.3, -0.25) is 9.59 Å². The van der Waals surface area contributed by atoms with Gasteiger partial charge in [-0.25, -0.2) is 0 Å². The topological polar surface area (TPSA) is 93.1 Å². The number of phenols is 2. The van der Waals surface area contributed by atoms with Gasteiger partial charge in [0.05, 0.1) is 20.6 Å². The fourth-order valence-corrected chi connectivity index (χ4v) is 2.26. The third kappa shape index (κ3) is 6.72. The maximum Gasteiger partial charge on any atom is 0.163 e. The first-order chi connectivity index (χ1) is 12.9. The first-order valence-corrected chi connectivity index (χ1v) is 8.08. The van der Waals surface area contributed by atoms with Crippen molar-refractivity contribution in [3.63, 3.8) is 0 Å². The van der Waals surface area contributed by atoms with E-state index in [9.17, 15) is 19.8 Å². The van der Waals surface area contributed by atoms with E-state index in [1.807, 2.05) is 0 Å². The summed E-state index contributed by atoms with van der Waals surface area (Å²) in [6.45, 7) is 0. The molecule has 0 radical (unpaired) electrons. The molecule has 0 saturated heterocycles. The molecule has 0 aliphatic carbocycles. The van der Waals surface area contributed by atoms with E-state index in [-0.39, 0.29) is 51.2 Å². The maximum atomic E-state index is 11.9. The quantitative estimate of drug-likeness (QED) is 0.390. The van der Waals surface area contributed by atoms with E-state index in [0.717, 1.165) is 0 Å². The Morgan fingerprint density at radius 2 is 1.21 bits per heavy atom. The number of allylic oxidation sites excluding steroid dienone is 2. The van der Waals surface area contributed by atoms with Crippen LogP contribution in [0.15, 0.2) is 48.6 Å². The van der Waals surface area contributed by atoms with Crippen LogP contribution in [-0.2, 0) is 31.3 Å². The molecule has 2 N–H and O–H groups in total. The number of aromatic hydroxyl groups is 2. The van der Waals surface area contributed by atoms with E-state index in [0.29, 0.717) is 22.6 Å². The van der Waals surface area contributed by atoms with E-state index in [2.05, 4.69) is 0 Å². The summed E-state index contributed by atoms with van der Waals surface area (Å²) in [4.78, 5) is 23.9. The number of hydrogen-bond donors (Lipinski definition) is 2. The third-order valence-corrected chi connectivity index (χ3v) is 3.68.